The Kier molecular flexibility index (Phi) is 11.8. The Hall–Kier alpha value is -3.63. The van der Waals surface area contributed by atoms with Gasteiger partial charge in [-0.05, 0) is 77.5 Å². The second kappa shape index (κ2) is 16.2. The average molecular weight is 813 g/mol. The van der Waals surface area contributed by atoms with Crippen LogP contribution >= 0.6 is 0 Å². The van der Waals surface area contributed by atoms with E-state index in [1.807, 2.05) is 66.8 Å². The van der Waals surface area contributed by atoms with Gasteiger partial charge in [0.1, 0.15) is 24.9 Å². The molecule has 1 aliphatic carbocycles. The van der Waals surface area contributed by atoms with E-state index in [1.54, 1.807) is 0 Å². The molecule has 11 nitrogen and oxygen atoms in total. The van der Waals surface area contributed by atoms with E-state index in [2.05, 4.69) is 62.4 Å². The number of hydrogen-bond donors (Lipinski definition) is 1. The molecule has 2 saturated heterocycles. The molecule has 1 saturated carbocycles. The minimum Gasteiger partial charge on any atom is -0.444 e. The number of anilines is 1. The Morgan fingerprint density at radius 1 is 0.877 bits per heavy atom. The van der Waals surface area contributed by atoms with E-state index < -0.39 is 27.3 Å². The van der Waals surface area contributed by atoms with Crippen molar-refractivity contribution in [2.24, 2.45) is 0 Å². The smallest absolute Gasteiger partial charge is 0.410 e. The van der Waals surface area contributed by atoms with Crippen molar-refractivity contribution < 1.29 is 24.1 Å². The zero-order valence-corrected chi connectivity index (χ0v) is 37.7. The molecule has 0 spiro atoms. The van der Waals surface area contributed by atoms with Crippen LogP contribution in [0.25, 0.3) is 28.0 Å². The van der Waals surface area contributed by atoms with Crippen molar-refractivity contribution in [3.05, 3.63) is 66.1 Å². The summed E-state index contributed by atoms with van der Waals surface area (Å²) >= 11 is 0. The van der Waals surface area contributed by atoms with Gasteiger partial charge in [-0.1, -0.05) is 75.7 Å². The molecule has 2 bridgehead atoms. The molecule has 308 valence electrons. The number of rotatable bonds is 15. The van der Waals surface area contributed by atoms with Crippen molar-refractivity contribution in [1.29, 1.82) is 0 Å². The van der Waals surface area contributed by atoms with Gasteiger partial charge in [0.25, 0.3) is 0 Å². The summed E-state index contributed by atoms with van der Waals surface area (Å²) in [6.07, 6.45) is 8.17. The van der Waals surface area contributed by atoms with Gasteiger partial charge in [0.2, 0.25) is 0 Å². The van der Waals surface area contributed by atoms with E-state index in [0.717, 1.165) is 77.2 Å². The van der Waals surface area contributed by atoms with Crippen LogP contribution in [0.4, 0.5) is 10.6 Å². The van der Waals surface area contributed by atoms with Crippen molar-refractivity contribution in [3.63, 3.8) is 0 Å². The van der Waals surface area contributed by atoms with E-state index in [1.165, 1.54) is 0 Å². The maximum Gasteiger partial charge on any atom is 0.410 e. The fourth-order valence-electron chi connectivity index (χ4n) is 8.21. The van der Waals surface area contributed by atoms with Gasteiger partial charge in [-0.3, -0.25) is 4.98 Å². The number of amides is 1. The number of piperidine rings is 1. The van der Waals surface area contributed by atoms with Crippen LogP contribution in [0.2, 0.25) is 51.4 Å². The molecule has 2 aliphatic heterocycles. The second-order valence-electron chi connectivity index (χ2n) is 20.0. The predicted octanol–water partition coefficient (Wildman–Crippen LogP) is 9.52. The molecule has 4 aromatic rings. The lowest BCUT2D eigenvalue weighted by molar-refractivity contribution is 0.00549. The molecule has 1 amide bonds. The molecule has 3 atom stereocenters. The van der Waals surface area contributed by atoms with Gasteiger partial charge >= 0.3 is 6.09 Å². The van der Waals surface area contributed by atoms with Crippen LogP contribution < -0.4 is 4.90 Å². The molecule has 13 heteroatoms. The molecular formula is C44H64N6O5Si2. The molecule has 5 heterocycles. The van der Waals surface area contributed by atoms with Gasteiger partial charge in [-0.15, -0.1) is 0 Å². The predicted molar refractivity (Wildman–Crippen MR) is 232 cm³/mol. The van der Waals surface area contributed by atoms with Crippen molar-refractivity contribution in [2.45, 2.75) is 140 Å². The molecule has 1 aromatic carbocycles. The lowest BCUT2D eigenvalue weighted by Gasteiger charge is -2.40. The number of benzene rings is 1. The third-order valence-corrected chi connectivity index (χ3v) is 14.9. The van der Waals surface area contributed by atoms with Gasteiger partial charge in [-0.25, -0.2) is 9.78 Å². The highest BCUT2D eigenvalue weighted by Gasteiger charge is 2.52. The molecule has 0 radical (unpaired) electrons. The number of carbonyl (C=O) groups is 1. The number of fused-ring (bicyclic) bond motifs is 3. The largest absolute Gasteiger partial charge is 0.444 e. The molecule has 3 aromatic heterocycles. The first-order valence-electron chi connectivity index (χ1n) is 21.0. The second-order valence-corrected chi connectivity index (χ2v) is 31.2. The van der Waals surface area contributed by atoms with Crippen LogP contribution in [-0.2, 0) is 19.8 Å². The SMILES string of the molecule is CC(C)(C)OC(=O)N1[C@@H]2CC[C@H]1C[C@@H](c1nc3c(-c4ccc(-c5ccccc5)nc4)cnn3c(N(COCC[Si](C)(C)C)COCC[Si](C)(C)C)c1C1(O)CC1)C2. The molecule has 7 rings (SSSR count). The first-order valence-corrected chi connectivity index (χ1v) is 28.4. The fraction of sp³-hybridized carbons (Fsp3) is 0.591. The van der Waals surface area contributed by atoms with E-state index in [0.29, 0.717) is 45.2 Å². The fourth-order valence-corrected chi connectivity index (χ4v) is 9.73. The van der Waals surface area contributed by atoms with E-state index >= 15 is 0 Å². The molecular weight excluding hydrogens is 749 g/mol. The first kappa shape index (κ1) is 41.5. The van der Waals surface area contributed by atoms with Crippen LogP contribution in [0.3, 0.4) is 0 Å². The molecule has 1 N–H and O–H groups in total. The maximum atomic E-state index is 13.5. The van der Waals surface area contributed by atoms with Crippen molar-refractivity contribution in [1.82, 2.24) is 24.5 Å². The normalized spacial score (nSPS) is 20.6. The monoisotopic (exact) mass is 812 g/mol. The summed E-state index contributed by atoms with van der Waals surface area (Å²) in [7, 11) is -2.68. The number of carbonyl (C=O) groups excluding carboxylic acids is 1. The Bertz CT molecular complexity index is 1980. The van der Waals surface area contributed by atoms with Crippen LogP contribution in [-0.4, -0.2) is 96.2 Å². The number of hydrogen-bond acceptors (Lipinski definition) is 9. The van der Waals surface area contributed by atoms with Gasteiger partial charge in [0.05, 0.1) is 23.2 Å². The summed E-state index contributed by atoms with van der Waals surface area (Å²) in [5, 5.41) is 17.4. The number of ether oxygens (including phenoxy) is 3. The summed E-state index contributed by atoms with van der Waals surface area (Å²) in [5.41, 5.74) is 4.53. The van der Waals surface area contributed by atoms with Gasteiger partial charge in [0, 0.05) is 75.8 Å². The van der Waals surface area contributed by atoms with E-state index in [9.17, 15) is 9.90 Å². The minimum absolute atomic E-state index is 0.0216. The van der Waals surface area contributed by atoms with Crippen LogP contribution in [0.5, 0.6) is 0 Å². The van der Waals surface area contributed by atoms with Gasteiger partial charge < -0.3 is 29.1 Å². The van der Waals surface area contributed by atoms with Crippen LogP contribution in [0.1, 0.15) is 76.5 Å². The highest BCUT2D eigenvalue weighted by atomic mass is 28.3. The minimum atomic E-state index is -1.34. The summed E-state index contributed by atoms with van der Waals surface area (Å²) in [6.45, 7) is 21.8. The first-order chi connectivity index (χ1) is 26.9. The summed E-state index contributed by atoms with van der Waals surface area (Å²) < 4.78 is 20.8. The molecule has 0 unspecified atom stereocenters. The molecule has 3 fully saturated rings. The Labute approximate surface area is 341 Å². The zero-order valence-electron chi connectivity index (χ0n) is 35.7. The van der Waals surface area contributed by atoms with E-state index in [4.69, 9.17) is 29.3 Å². The highest BCUT2D eigenvalue weighted by Crippen LogP contribution is 2.54. The average Bonchev–Trinajstić information content (AvgIpc) is 3.64. The van der Waals surface area contributed by atoms with Crippen molar-refractivity contribution in [2.75, 3.05) is 31.6 Å². The Morgan fingerprint density at radius 2 is 1.49 bits per heavy atom. The van der Waals surface area contributed by atoms with Crippen molar-refractivity contribution in [3.8, 4) is 22.4 Å². The molecule has 57 heavy (non-hydrogen) atoms. The van der Waals surface area contributed by atoms with Crippen molar-refractivity contribution >= 4 is 33.7 Å². The summed E-state index contributed by atoms with van der Waals surface area (Å²) in [6, 6.07) is 16.5. The number of pyridine rings is 1. The number of aromatic nitrogens is 4. The van der Waals surface area contributed by atoms with Gasteiger partial charge in [-0.2, -0.15) is 9.61 Å². The lowest BCUT2D eigenvalue weighted by atomic mass is 9.84. The highest BCUT2D eigenvalue weighted by molar-refractivity contribution is 6.76. The lowest BCUT2D eigenvalue weighted by Crippen LogP contribution is -2.48. The van der Waals surface area contributed by atoms with Crippen LogP contribution in [0, 0.1) is 0 Å². The summed E-state index contributed by atoms with van der Waals surface area (Å²) in [5.74, 6) is 0.798. The quantitative estimate of drug-likeness (QED) is 0.0712. The summed E-state index contributed by atoms with van der Waals surface area (Å²) in [4.78, 5) is 28.0. The Balaban J connectivity index is 1.33. The third-order valence-electron chi connectivity index (χ3n) is 11.5. The zero-order chi connectivity index (χ0) is 40.8. The Morgan fingerprint density at radius 3 is 2.02 bits per heavy atom. The standard InChI is InChI=1S/C44H64N6O5Si2/c1-43(2,3)55-42(51)49-34-16-17-35(49)26-33(25-34)39-38(44(52)19-20-44)41(48(29-53-21-23-56(4,5)6)30-54-22-24-57(7,8)9)50-40(47-39)36(28-46-50)32-15-18-37(45-27-32)31-13-11-10-12-14-31/h10-15,18,27-28,33-35,52H,16-17,19-26,29-30H2,1-9H3/t33-,34+,35-. The maximum absolute atomic E-state index is 13.5. The number of aliphatic hydroxyl groups is 1. The molecule has 3 aliphatic rings. The topological polar surface area (TPSA) is 115 Å². The third kappa shape index (κ3) is 9.81. The number of nitrogens with zero attached hydrogens (tertiary/aromatic N) is 6. The van der Waals surface area contributed by atoms with Crippen LogP contribution in [0.15, 0.2) is 54.9 Å². The van der Waals surface area contributed by atoms with Gasteiger partial charge in [0.15, 0.2) is 5.65 Å². The van der Waals surface area contributed by atoms with E-state index in [-0.39, 0.29) is 24.1 Å².